The molecule has 304 valence electrons. The SMILES string of the molecule is CC1(C)c2ccccc2S(=O)(=O)c2cc(N3C4CCCCC4SC4CC5C(CC43)SC3CCCCC3N5c3ccc4c(c3)S(=O)(=O)c3ccccc3C4(C)C)ccc21. The molecule has 5 fully saturated rings. The Balaban J connectivity index is 0.993. The van der Waals surface area contributed by atoms with Gasteiger partial charge in [0.1, 0.15) is 0 Å². The van der Waals surface area contributed by atoms with Gasteiger partial charge in [-0.1, -0.05) is 102 Å². The van der Waals surface area contributed by atoms with Crippen molar-refractivity contribution >= 4 is 54.6 Å². The summed E-state index contributed by atoms with van der Waals surface area (Å²) in [5.41, 5.74) is 4.83. The second-order valence-electron chi connectivity index (χ2n) is 19.2. The van der Waals surface area contributed by atoms with Gasteiger partial charge in [0, 0.05) is 67.4 Å². The number of nitrogens with zero attached hydrogens (tertiary/aromatic N) is 2. The van der Waals surface area contributed by atoms with Gasteiger partial charge >= 0.3 is 0 Å². The Kier molecular flexibility index (Phi) is 8.71. The highest BCUT2D eigenvalue weighted by Crippen LogP contribution is 2.56. The van der Waals surface area contributed by atoms with Gasteiger partial charge in [0.2, 0.25) is 19.7 Å². The molecule has 3 saturated carbocycles. The summed E-state index contributed by atoms with van der Waals surface area (Å²) in [6, 6.07) is 29.4. The lowest BCUT2D eigenvalue weighted by molar-refractivity contribution is 0.287. The maximum Gasteiger partial charge on any atom is 0.207 e. The van der Waals surface area contributed by atoms with E-state index < -0.39 is 30.5 Å². The van der Waals surface area contributed by atoms with Crippen LogP contribution in [-0.2, 0) is 30.5 Å². The molecule has 8 atom stereocenters. The molecule has 3 aliphatic carbocycles. The van der Waals surface area contributed by atoms with Crippen molar-refractivity contribution in [2.45, 2.75) is 167 Å². The summed E-state index contributed by atoms with van der Waals surface area (Å²) in [4.78, 5) is 7.29. The fourth-order valence-electron chi connectivity index (χ4n) is 12.6. The Bertz CT molecular complexity index is 2390. The van der Waals surface area contributed by atoms with Crippen LogP contribution in [0.1, 0.15) is 114 Å². The summed E-state index contributed by atoms with van der Waals surface area (Å²) in [6.45, 7) is 8.64. The van der Waals surface area contributed by atoms with Crippen LogP contribution in [0.5, 0.6) is 0 Å². The van der Waals surface area contributed by atoms with E-state index in [0.717, 1.165) is 59.3 Å². The predicted octanol–water partition coefficient (Wildman–Crippen LogP) is 10.3. The number of hydrogen-bond acceptors (Lipinski definition) is 8. The van der Waals surface area contributed by atoms with E-state index in [1.165, 1.54) is 38.5 Å². The second-order valence-corrected chi connectivity index (χ2v) is 25.9. The lowest BCUT2D eigenvalue weighted by Gasteiger charge is -2.61. The highest BCUT2D eigenvalue weighted by atomic mass is 32.2. The van der Waals surface area contributed by atoms with Gasteiger partial charge < -0.3 is 9.80 Å². The van der Waals surface area contributed by atoms with Crippen LogP contribution in [0.4, 0.5) is 11.4 Å². The molecular formula is C48H54N2O4S4. The molecular weight excluding hydrogens is 797 g/mol. The first-order valence-corrected chi connectivity index (χ1v) is 26.5. The molecule has 58 heavy (non-hydrogen) atoms. The molecule has 4 aliphatic heterocycles. The number of fused-ring (bicyclic) bond motifs is 8. The van der Waals surface area contributed by atoms with Crippen LogP contribution in [0.15, 0.2) is 105 Å². The van der Waals surface area contributed by atoms with Crippen LogP contribution >= 0.6 is 23.5 Å². The first kappa shape index (κ1) is 38.0. The average Bonchev–Trinajstić information content (AvgIpc) is 3.23. The van der Waals surface area contributed by atoms with Crippen LogP contribution in [0.2, 0.25) is 0 Å². The average molecular weight is 851 g/mol. The molecule has 0 amide bonds. The van der Waals surface area contributed by atoms with Crippen LogP contribution in [0, 0.1) is 0 Å². The topological polar surface area (TPSA) is 74.8 Å². The number of thioether (sulfide) groups is 2. The molecule has 2 saturated heterocycles. The first-order valence-electron chi connectivity index (χ1n) is 21.6. The third kappa shape index (κ3) is 5.41. The van der Waals surface area contributed by atoms with Gasteiger partial charge in [-0.15, -0.1) is 0 Å². The maximum atomic E-state index is 14.4. The minimum atomic E-state index is -3.69. The molecule has 10 heteroatoms. The molecule has 8 unspecified atom stereocenters. The van der Waals surface area contributed by atoms with E-state index in [1.807, 2.05) is 36.4 Å². The highest BCUT2D eigenvalue weighted by molar-refractivity contribution is 8.01. The Morgan fingerprint density at radius 3 is 1.28 bits per heavy atom. The smallest absolute Gasteiger partial charge is 0.207 e. The van der Waals surface area contributed by atoms with Gasteiger partial charge in [-0.2, -0.15) is 23.5 Å². The van der Waals surface area contributed by atoms with Crippen molar-refractivity contribution in [3.05, 3.63) is 107 Å². The van der Waals surface area contributed by atoms with Crippen LogP contribution in [0.3, 0.4) is 0 Å². The van der Waals surface area contributed by atoms with Crippen molar-refractivity contribution in [2.75, 3.05) is 9.80 Å². The third-order valence-electron chi connectivity index (χ3n) is 15.4. The maximum absolute atomic E-state index is 14.4. The number of benzene rings is 4. The number of anilines is 2. The summed E-state index contributed by atoms with van der Waals surface area (Å²) in [7, 11) is -7.37. The molecule has 11 rings (SSSR count). The summed E-state index contributed by atoms with van der Waals surface area (Å²) in [6.07, 6.45) is 11.6. The Hall–Kier alpha value is -2.92. The lowest BCUT2D eigenvalue weighted by Crippen LogP contribution is -2.67. The van der Waals surface area contributed by atoms with Crippen molar-refractivity contribution < 1.29 is 16.8 Å². The Labute approximate surface area is 353 Å². The Morgan fingerprint density at radius 1 is 0.466 bits per heavy atom. The monoisotopic (exact) mass is 850 g/mol. The minimum absolute atomic E-state index is 0.297. The molecule has 0 spiro atoms. The second kappa shape index (κ2) is 13.3. The summed E-state index contributed by atoms with van der Waals surface area (Å²) < 4.78 is 57.7. The van der Waals surface area contributed by atoms with E-state index in [4.69, 9.17) is 0 Å². The lowest BCUT2D eigenvalue weighted by atomic mass is 9.77. The van der Waals surface area contributed by atoms with E-state index in [-0.39, 0.29) is 0 Å². The van der Waals surface area contributed by atoms with Gasteiger partial charge in [0.15, 0.2) is 0 Å². The van der Waals surface area contributed by atoms with Crippen LogP contribution in [-0.4, -0.2) is 62.0 Å². The standard InChI is InChI=1S/C48H54N2O4S4/c1-47(2)31-13-5-11-19-43(31)57(51,52)45-25-29(21-23-33(45)47)49-35-15-7-9-17-39(35)55-41-28-38-42(27-37(41)49)56-40-18-10-8-16-36(40)50(38)30-22-24-34-46(26-30)58(53,54)44-20-12-6-14-32(44)48(34,3)4/h5-6,11-14,19-26,35-42H,7-10,15-18,27-28H2,1-4H3. The molecule has 4 heterocycles. The summed E-state index contributed by atoms with van der Waals surface area (Å²) in [5.74, 6) is 0. The molecule has 0 bridgehead atoms. The van der Waals surface area contributed by atoms with E-state index in [2.05, 4.69) is 97.4 Å². The highest BCUT2D eigenvalue weighted by Gasteiger charge is 2.55. The molecule has 0 radical (unpaired) electrons. The fraction of sp³-hybridized carbons (Fsp3) is 0.500. The van der Waals surface area contributed by atoms with Gasteiger partial charge in [-0.05, 0) is 97.2 Å². The normalized spacial score (nSPS) is 33.1. The summed E-state index contributed by atoms with van der Waals surface area (Å²) >= 11 is 4.44. The number of rotatable bonds is 2. The van der Waals surface area contributed by atoms with Crippen molar-refractivity contribution in [3.63, 3.8) is 0 Å². The van der Waals surface area contributed by atoms with Crippen LogP contribution in [0.25, 0.3) is 0 Å². The zero-order chi connectivity index (χ0) is 39.9. The van der Waals surface area contributed by atoms with Crippen molar-refractivity contribution in [1.82, 2.24) is 0 Å². The van der Waals surface area contributed by atoms with Crippen molar-refractivity contribution in [2.24, 2.45) is 0 Å². The fourth-order valence-corrected chi connectivity index (χ4v) is 20.4. The quantitative estimate of drug-likeness (QED) is 0.197. The molecule has 4 aromatic rings. The van der Waals surface area contributed by atoms with Gasteiger partial charge in [0.05, 0.1) is 19.6 Å². The Morgan fingerprint density at radius 2 is 0.845 bits per heavy atom. The van der Waals surface area contributed by atoms with E-state index in [9.17, 15) is 16.8 Å². The van der Waals surface area contributed by atoms with Crippen LogP contribution < -0.4 is 9.80 Å². The van der Waals surface area contributed by atoms with Crippen molar-refractivity contribution in [1.29, 1.82) is 0 Å². The molecule has 0 N–H and O–H groups in total. The number of hydrogen-bond donors (Lipinski definition) is 0. The number of sulfone groups is 2. The van der Waals surface area contributed by atoms with Crippen molar-refractivity contribution in [3.8, 4) is 0 Å². The molecule has 4 aromatic carbocycles. The first-order chi connectivity index (χ1) is 27.8. The summed E-state index contributed by atoms with van der Waals surface area (Å²) in [5, 5.41) is 1.78. The predicted molar refractivity (Wildman–Crippen MR) is 238 cm³/mol. The third-order valence-corrected chi connectivity index (χ3v) is 22.6. The zero-order valence-corrected chi connectivity index (χ0v) is 37.2. The van der Waals surface area contributed by atoms with Gasteiger partial charge in [-0.3, -0.25) is 0 Å². The zero-order valence-electron chi connectivity index (χ0n) is 33.9. The largest absolute Gasteiger partial charge is 0.363 e. The van der Waals surface area contributed by atoms with Gasteiger partial charge in [-0.25, -0.2) is 16.8 Å². The van der Waals surface area contributed by atoms with E-state index >= 15 is 0 Å². The van der Waals surface area contributed by atoms with Gasteiger partial charge in [0.25, 0.3) is 0 Å². The van der Waals surface area contributed by atoms with E-state index in [1.54, 1.807) is 12.1 Å². The molecule has 6 nitrogen and oxygen atoms in total. The minimum Gasteiger partial charge on any atom is -0.363 e. The molecule has 7 aliphatic rings. The molecule has 0 aromatic heterocycles. The van der Waals surface area contributed by atoms with E-state index in [0.29, 0.717) is 64.7 Å².